The predicted octanol–water partition coefficient (Wildman–Crippen LogP) is 2.87. The highest BCUT2D eigenvalue weighted by Crippen LogP contribution is 2.26. The van der Waals surface area contributed by atoms with Crippen LogP contribution in [-0.2, 0) is 24.3 Å². The van der Waals surface area contributed by atoms with Crippen LogP contribution in [0.25, 0.3) is 0 Å². The van der Waals surface area contributed by atoms with Gasteiger partial charge in [0, 0.05) is 19.1 Å². The van der Waals surface area contributed by atoms with Gasteiger partial charge < -0.3 is 14.8 Å². The summed E-state index contributed by atoms with van der Waals surface area (Å²) in [5.74, 6) is -0.521. The van der Waals surface area contributed by atoms with Gasteiger partial charge in [-0.15, -0.1) is 0 Å². The number of carbonyl (C=O) groups excluding carboxylic acids is 2. The summed E-state index contributed by atoms with van der Waals surface area (Å²) in [4.78, 5) is 25.2. The summed E-state index contributed by atoms with van der Waals surface area (Å²) in [6, 6.07) is 6.40. The Bertz CT molecular complexity index is 870. The molecule has 0 unspecified atom stereocenters. The van der Waals surface area contributed by atoms with Crippen LogP contribution in [0.15, 0.2) is 29.2 Å². The van der Waals surface area contributed by atoms with E-state index < -0.39 is 28.0 Å². The minimum absolute atomic E-state index is 0.151. The summed E-state index contributed by atoms with van der Waals surface area (Å²) in [6.45, 7) is 2.06. The Kier molecular flexibility index (Phi) is 8.53. The Labute approximate surface area is 190 Å². The van der Waals surface area contributed by atoms with E-state index >= 15 is 0 Å². The molecule has 3 rings (SSSR count). The molecule has 0 radical (unpaired) electrons. The molecule has 9 heteroatoms. The molecule has 1 saturated carbocycles. The minimum atomic E-state index is -3.63. The van der Waals surface area contributed by atoms with Crippen molar-refractivity contribution in [3.05, 3.63) is 24.3 Å². The number of nitrogens with one attached hydrogen (secondary N) is 1. The van der Waals surface area contributed by atoms with Gasteiger partial charge in [-0.3, -0.25) is 9.59 Å². The fraction of sp³-hybridized carbons (Fsp3) is 0.652. The van der Waals surface area contributed by atoms with Crippen LogP contribution in [0.3, 0.4) is 0 Å². The maximum Gasteiger partial charge on any atom is 0.309 e. The van der Waals surface area contributed by atoms with Crippen molar-refractivity contribution in [3.63, 3.8) is 0 Å². The van der Waals surface area contributed by atoms with Gasteiger partial charge in [0.15, 0.2) is 6.10 Å². The Morgan fingerprint density at radius 1 is 1.00 bits per heavy atom. The molecular weight excluding hydrogens is 432 g/mol. The molecule has 1 aliphatic heterocycles. The summed E-state index contributed by atoms with van der Waals surface area (Å²) in [6.07, 6.45) is 6.42. The highest BCUT2D eigenvalue weighted by molar-refractivity contribution is 7.89. The average Bonchev–Trinajstić information content (AvgIpc) is 3.07. The first-order chi connectivity index (χ1) is 15.3. The number of nitrogens with zero attached hydrogens (tertiary/aromatic N) is 1. The van der Waals surface area contributed by atoms with Gasteiger partial charge in [0.25, 0.3) is 5.91 Å². The van der Waals surface area contributed by atoms with E-state index in [0.717, 1.165) is 25.7 Å². The molecule has 1 amide bonds. The monoisotopic (exact) mass is 466 g/mol. The van der Waals surface area contributed by atoms with E-state index in [-0.39, 0.29) is 29.9 Å². The van der Waals surface area contributed by atoms with Crippen LogP contribution >= 0.6 is 0 Å². The molecule has 0 aromatic heterocycles. The van der Waals surface area contributed by atoms with E-state index in [2.05, 4.69) is 5.32 Å². The van der Waals surface area contributed by atoms with Crippen molar-refractivity contribution < 1.29 is 27.5 Å². The second kappa shape index (κ2) is 11.1. The number of benzene rings is 1. The zero-order valence-electron chi connectivity index (χ0n) is 18.9. The first kappa shape index (κ1) is 24.5. The first-order valence-electron chi connectivity index (χ1n) is 11.5. The third-order valence-corrected chi connectivity index (χ3v) is 8.26. The molecule has 1 heterocycles. The summed E-state index contributed by atoms with van der Waals surface area (Å²) in [5, 5.41) is 3.01. The Balaban J connectivity index is 1.48. The number of hydrogen-bond acceptors (Lipinski definition) is 6. The highest BCUT2D eigenvalue weighted by atomic mass is 32.2. The van der Waals surface area contributed by atoms with E-state index in [1.54, 1.807) is 19.1 Å². The average molecular weight is 467 g/mol. The Morgan fingerprint density at radius 3 is 2.16 bits per heavy atom. The lowest BCUT2D eigenvalue weighted by Gasteiger charge is -2.30. The standard InChI is InChI=1S/C23H34N2O6S/c1-17(22(26)24-19-7-5-3-4-6-8-19)31-23(27)18-13-15-25(16-14-18)32(28,29)21-11-9-20(30-2)10-12-21/h9-12,17-19H,3-8,13-16H2,1-2H3,(H,24,26)/t17-/m0/s1. The van der Waals surface area contributed by atoms with Crippen molar-refractivity contribution in [2.75, 3.05) is 20.2 Å². The van der Waals surface area contributed by atoms with E-state index in [4.69, 9.17) is 9.47 Å². The molecule has 1 N–H and O–H groups in total. The minimum Gasteiger partial charge on any atom is -0.497 e. The van der Waals surface area contributed by atoms with Gasteiger partial charge in [-0.05, 0) is 56.9 Å². The number of esters is 1. The maximum atomic E-state index is 12.9. The molecule has 0 bridgehead atoms. The van der Waals surface area contributed by atoms with Crippen molar-refractivity contribution in [1.82, 2.24) is 9.62 Å². The van der Waals surface area contributed by atoms with Crippen LogP contribution in [0.2, 0.25) is 0 Å². The van der Waals surface area contributed by atoms with Gasteiger partial charge in [0.05, 0.1) is 17.9 Å². The first-order valence-corrected chi connectivity index (χ1v) is 12.9. The van der Waals surface area contributed by atoms with E-state index in [9.17, 15) is 18.0 Å². The lowest BCUT2D eigenvalue weighted by Crippen LogP contribution is -2.44. The molecule has 1 atom stereocenters. The van der Waals surface area contributed by atoms with Gasteiger partial charge >= 0.3 is 5.97 Å². The maximum absolute atomic E-state index is 12.9. The number of sulfonamides is 1. The largest absolute Gasteiger partial charge is 0.497 e. The molecule has 1 saturated heterocycles. The normalized spacial score (nSPS) is 20.2. The van der Waals surface area contributed by atoms with Crippen molar-refractivity contribution in [2.24, 2.45) is 5.92 Å². The summed E-state index contributed by atoms with van der Waals surface area (Å²) >= 11 is 0. The van der Waals surface area contributed by atoms with E-state index in [1.807, 2.05) is 0 Å². The zero-order valence-corrected chi connectivity index (χ0v) is 19.7. The van der Waals surface area contributed by atoms with Crippen LogP contribution < -0.4 is 10.1 Å². The third-order valence-electron chi connectivity index (χ3n) is 6.35. The van der Waals surface area contributed by atoms with Gasteiger partial charge in [0.2, 0.25) is 10.0 Å². The number of hydrogen-bond donors (Lipinski definition) is 1. The Morgan fingerprint density at radius 2 is 1.59 bits per heavy atom. The third kappa shape index (κ3) is 6.22. The zero-order chi connectivity index (χ0) is 23.1. The molecule has 1 aromatic rings. The van der Waals surface area contributed by atoms with Crippen molar-refractivity contribution in [1.29, 1.82) is 0 Å². The summed E-state index contributed by atoms with van der Waals surface area (Å²) in [5.41, 5.74) is 0. The van der Waals surface area contributed by atoms with Gasteiger partial charge in [0.1, 0.15) is 5.75 Å². The van der Waals surface area contributed by atoms with Crippen molar-refractivity contribution in [2.45, 2.75) is 75.3 Å². The molecule has 1 aliphatic carbocycles. The van der Waals surface area contributed by atoms with Gasteiger partial charge in [-0.25, -0.2) is 8.42 Å². The molecule has 1 aromatic carbocycles. The molecule has 0 spiro atoms. The number of ether oxygens (including phenoxy) is 2. The lowest BCUT2D eigenvalue weighted by atomic mass is 9.98. The lowest BCUT2D eigenvalue weighted by molar-refractivity contribution is -0.160. The predicted molar refractivity (Wildman–Crippen MR) is 120 cm³/mol. The van der Waals surface area contributed by atoms with Crippen LogP contribution in [0.1, 0.15) is 58.3 Å². The number of rotatable bonds is 7. The molecule has 32 heavy (non-hydrogen) atoms. The topological polar surface area (TPSA) is 102 Å². The second-order valence-electron chi connectivity index (χ2n) is 8.63. The molecule has 2 aliphatic rings. The quantitative estimate of drug-likeness (QED) is 0.490. The number of carbonyl (C=O) groups is 2. The highest BCUT2D eigenvalue weighted by Gasteiger charge is 2.34. The Hall–Kier alpha value is -2.13. The van der Waals surface area contributed by atoms with Crippen molar-refractivity contribution in [3.8, 4) is 5.75 Å². The number of piperidine rings is 1. The number of methoxy groups -OCH3 is 1. The fourth-order valence-electron chi connectivity index (χ4n) is 4.29. The molecular formula is C23H34N2O6S. The molecule has 8 nitrogen and oxygen atoms in total. The van der Waals surface area contributed by atoms with Gasteiger partial charge in [-0.1, -0.05) is 25.7 Å². The fourth-order valence-corrected chi connectivity index (χ4v) is 5.76. The smallest absolute Gasteiger partial charge is 0.309 e. The molecule has 178 valence electrons. The van der Waals surface area contributed by atoms with Crippen molar-refractivity contribution >= 4 is 21.9 Å². The van der Waals surface area contributed by atoms with Gasteiger partial charge in [-0.2, -0.15) is 4.31 Å². The van der Waals surface area contributed by atoms with E-state index in [0.29, 0.717) is 18.6 Å². The van der Waals surface area contributed by atoms with Crippen LogP contribution in [0.4, 0.5) is 0 Å². The van der Waals surface area contributed by atoms with E-state index in [1.165, 1.54) is 36.4 Å². The summed E-state index contributed by atoms with van der Waals surface area (Å²) in [7, 11) is -2.11. The second-order valence-corrected chi connectivity index (χ2v) is 10.6. The molecule has 2 fully saturated rings. The van der Waals surface area contributed by atoms with Crippen LogP contribution in [-0.4, -0.2) is 56.9 Å². The SMILES string of the molecule is COc1ccc(S(=O)(=O)N2CCC(C(=O)O[C@@H](C)C(=O)NC3CCCCCC3)CC2)cc1. The van der Waals surface area contributed by atoms with Crippen LogP contribution in [0, 0.1) is 5.92 Å². The summed E-state index contributed by atoms with van der Waals surface area (Å²) < 4.78 is 37.6. The number of amides is 1. The van der Waals surface area contributed by atoms with Crippen LogP contribution in [0.5, 0.6) is 5.75 Å².